The van der Waals surface area contributed by atoms with Crippen LogP contribution in [0, 0.1) is 5.82 Å². The van der Waals surface area contributed by atoms with Crippen molar-refractivity contribution in [2.24, 2.45) is 0 Å². The van der Waals surface area contributed by atoms with E-state index in [0.29, 0.717) is 23.7 Å². The van der Waals surface area contributed by atoms with E-state index in [0.717, 1.165) is 11.1 Å². The Bertz CT molecular complexity index is 818. The summed E-state index contributed by atoms with van der Waals surface area (Å²) in [6.07, 6.45) is 0. The first kappa shape index (κ1) is 17.0. The molecule has 0 bridgehead atoms. The van der Waals surface area contributed by atoms with Crippen molar-refractivity contribution in [3.8, 4) is 22.6 Å². The van der Waals surface area contributed by atoms with Crippen molar-refractivity contribution < 1.29 is 19.0 Å². The van der Waals surface area contributed by atoms with Gasteiger partial charge in [0.1, 0.15) is 30.5 Å². The number of ether oxygens (including phenoxy) is 2. The Morgan fingerprint density at radius 2 is 1.60 bits per heavy atom. The van der Waals surface area contributed by atoms with Crippen LogP contribution in [-0.2, 0) is 6.61 Å². The minimum absolute atomic E-state index is 0.120. The van der Waals surface area contributed by atoms with E-state index in [9.17, 15) is 4.39 Å². The molecule has 0 spiro atoms. The number of para-hydroxylation sites is 1. The third-order valence-electron chi connectivity index (χ3n) is 3.67. The van der Waals surface area contributed by atoms with Crippen molar-refractivity contribution in [2.75, 3.05) is 13.2 Å². The van der Waals surface area contributed by atoms with Crippen LogP contribution in [0.25, 0.3) is 11.1 Å². The minimum atomic E-state index is -0.400. The molecular formula is C21H19FO3. The van der Waals surface area contributed by atoms with Crippen molar-refractivity contribution in [3.63, 3.8) is 0 Å². The summed E-state index contributed by atoms with van der Waals surface area (Å²) < 4.78 is 25.2. The molecule has 3 aromatic rings. The first-order valence-corrected chi connectivity index (χ1v) is 8.06. The van der Waals surface area contributed by atoms with Crippen molar-refractivity contribution in [1.29, 1.82) is 0 Å². The monoisotopic (exact) mass is 338 g/mol. The lowest BCUT2D eigenvalue weighted by Crippen LogP contribution is -2.02. The summed E-state index contributed by atoms with van der Waals surface area (Å²) in [5, 5.41) is 8.87. The van der Waals surface area contributed by atoms with Crippen LogP contribution in [0.1, 0.15) is 5.56 Å². The van der Waals surface area contributed by atoms with Gasteiger partial charge < -0.3 is 14.6 Å². The van der Waals surface area contributed by atoms with Gasteiger partial charge >= 0.3 is 0 Å². The smallest absolute Gasteiger partial charge is 0.127 e. The SMILES string of the molecule is OCCOc1cc(F)cc(-c2ccccc2OCc2ccccc2)c1. The Labute approximate surface area is 146 Å². The van der Waals surface area contributed by atoms with E-state index >= 15 is 0 Å². The zero-order chi connectivity index (χ0) is 17.5. The van der Waals surface area contributed by atoms with E-state index in [1.165, 1.54) is 12.1 Å². The fourth-order valence-electron chi connectivity index (χ4n) is 2.53. The highest BCUT2D eigenvalue weighted by Crippen LogP contribution is 2.33. The highest BCUT2D eigenvalue weighted by molar-refractivity contribution is 5.71. The fraction of sp³-hybridized carbons (Fsp3) is 0.143. The molecule has 0 unspecified atom stereocenters. The van der Waals surface area contributed by atoms with Crippen LogP contribution >= 0.6 is 0 Å². The summed E-state index contributed by atoms with van der Waals surface area (Å²) in [7, 11) is 0. The molecule has 0 fully saturated rings. The van der Waals surface area contributed by atoms with Gasteiger partial charge in [-0.15, -0.1) is 0 Å². The number of aliphatic hydroxyl groups excluding tert-OH is 1. The molecule has 1 N–H and O–H groups in total. The van der Waals surface area contributed by atoms with Gasteiger partial charge in [-0.25, -0.2) is 4.39 Å². The number of hydrogen-bond acceptors (Lipinski definition) is 3. The predicted molar refractivity (Wildman–Crippen MR) is 95.2 cm³/mol. The highest BCUT2D eigenvalue weighted by Gasteiger charge is 2.10. The molecule has 3 rings (SSSR count). The second kappa shape index (κ2) is 8.31. The van der Waals surface area contributed by atoms with Crippen LogP contribution in [0.3, 0.4) is 0 Å². The summed E-state index contributed by atoms with van der Waals surface area (Å²) in [6.45, 7) is 0.429. The molecular weight excluding hydrogens is 319 g/mol. The molecule has 0 atom stereocenters. The molecule has 3 nitrogen and oxygen atoms in total. The van der Waals surface area contributed by atoms with Gasteiger partial charge in [-0.2, -0.15) is 0 Å². The van der Waals surface area contributed by atoms with E-state index in [1.54, 1.807) is 6.07 Å². The quantitative estimate of drug-likeness (QED) is 0.692. The average Bonchev–Trinajstić information content (AvgIpc) is 2.65. The van der Waals surface area contributed by atoms with Crippen LogP contribution in [0.15, 0.2) is 72.8 Å². The van der Waals surface area contributed by atoms with Gasteiger partial charge in [0, 0.05) is 11.6 Å². The van der Waals surface area contributed by atoms with Crippen molar-refractivity contribution in [2.45, 2.75) is 6.61 Å². The summed E-state index contributed by atoms with van der Waals surface area (Å²) >= 11 is 0. The number of benzene rings is 3. The van der Waals surface area contributed by atoms with Crippen molar-refractivity contribution in [3.05, 3.63) is 84.2 Å². The van der Waals surface area contributed by atoms with Crippen molar-refractivity contribution >= 4 is 0 Å². The molecule has 0 aliphatic heterocycles. The molecule has 0 saturated carbocycles. The predicted octanol–water partition coefficient (Wildman–Crippen LogP) is 4.44. The molecule has 4 heteroatoms. The van der Waals surface area contributed by atoms with Gasteiger partial charge in [0.05, 0.1) is 6.61 Å². The average molecular weight is 338 g/mol. The minimum Gasteiger partial charge on any atom is -0.491 e. The van der Waals surface area contributed by atoms with Gasteiger partial charge in [-0.05, 0) is 29.3 Å². The number of hydrogen-bond donors (Lipinski definition) is 1. The van der Waals surface area contributed by atoms with Crippen LogP contribution in [0.2, 0.25) is 0 Å². The van der Waals surface area contributed by atoms with Crippen molar-refractivity contribution in [1.82, 2.24) is 0 Å². The standard InChI is InChI=1S/C21H19FO3/c22-18-12-17(13-19(14-18)24-11-10-23)20-8-4-5-9-21(20)25-15-16-6-2-1-3-7-16/h1-9,12-14,23H,10-11,15H2. The molecule has 0 heterocycles. The number of rotatable bonds is 7. The Morgan fingerprint density at radius 1 is 0.840 bits per heavy atom. The molecule has 0 aliphatic carbocycles. The van der Waals surface area contributed by atoms with Crippen LogP contribution in [0.4, 0.5) is 4.39 Å². The van der Waals surface area contributed by atoms with E-state index < -0.39 is 5.82 Å². The second-order valence-electron chi connectivity index (χ2n) is 5.52. The van der Waals surface area contributed by atoms with Gasteiger partial charge in [0.15, 0.2) is 0 Å². The van der Waals surface area contributed by atoms with E-state index in [-0.39, 0.29) is 13.2 Å². The summed E-state index contributed by atoms with van der Waals surface area (Å²) in [4.78, 5) is 0. The van der Waals surface area contributed by atoms with Crippen LogP contribution in [-0.4, -0.2) is 18.3 Å². The summed E-state index contributed by atoms with van der Waals surface area (Å²) in [5.74, 6) is 0.648. The summed E-state index contributed by atoms with van der Waals surface area (Å²) in [6, 6.07) is 21.8. The fourth-order valence-corrected chi connectivity index (χ4v) is 2.53. The van der Waals surface area contributed by atoms with E-state index in [1.807, 2.05) is 54.6 Å². The van der Waals surface area contributed by atoms with Gasteiger partial charge in [0.2, 0.25) is 0 Å². The molecule has 3 aromatic carbocycles. The Kier molecular flexibility index (Phi) is 5.65. The maximum atomic E-state index is 13.9. The van der Waals surface area contributed by atoms with Crippen LogP contribution < -0.4 is 9.47 Å². The zero-order valence-electron chi connectivity index (χ0n) is 13.7. The number of halogens is 1. The lowest BCUT2D eigenvalue weighted by Gasteiger charge is -2.13. The van der Waals surface area contributed by atoms with E-state index in [4.69, 9.17) is 14.6 Å². The van der Waals surface area contributed by atoms with E-state index in [2.05, 4.69) is 0 Å². The number of aliphatic hydroxyl groups is 1. The van der Waals surface area contributed by atoms with Gasteiger partial charge in [-0.3, -0.25) is 0 Å². The largest absolute Gasteiger partial charge is 0.491 e. The van der Waals surface area contributed by atoms with Crippen LogP contribution in [0.5, 0.6) is 11.5 Å². The first-order chi connectivity index (χ1) is 12.3. The lowest BCUT2D eigenvalue weighted by molar-refractivity contribution is 0.201. The molecule has 0 radical (unpaired) electrons. The summed E-state index contributed by atoms with van der Waals surface area (Å²) in [5.41, 5.74) is 2.51. The third-order valence-corrected chi connectivity index (χ3v) is 3.67. The Hall–Kier alpha value is -2.85. The molecule has 0 aromatic heterocycles. The topological polar surface area (TPSA) is 38.7 Å². The first-order valence-electron chi connectivity index (χ1n) is 8.06. The second-order valence-corrected chi connectivity index (χ2v) is 5.52. The van der Waals surface area contributed by atoms with Gasteiger partial charge in [0.25, 0.3) is 0 Å². The molecule has 25 heavy (non-hydrogen) atoms. The maximum Gasteiger partial charge on any atom is 0.127 e. The van der Waals surface area contributed by atoms with Gasteiger partial charge in [-0.1, -0.05) is 48.5 Å². The normalized spacial score (nSPS) is 10.5. The Morgan fingerprint density at radius 3 is 2.40 bits per heavy atom. The highest BCUT2D eigenvalue weighted by atomic mass is 19.1. The maximum absolute atomic E-state index is 13.9. The third kappa shape index (κ3) is 4.58. The molecule has 128 valence electrons. The Balaban J connectivity index is 1.86. The lowest BCUT2D eigenvalue weighted by atomic mass is 10.0. The zero-order valence-corrected chi connectivity index (χ0v) is 13.7. The molecule has 0 amide bonds. The molecule has 0 saturated heterocycles. The molecule has 0 aliphatic rings.